The Balaban J connectivity index is 1.16. The number of hydrogen-bond donors (Lipinski definition) is 8. The smallest absolute Gasteiger partial charge is 0.404 e. The lowest BCUT2D eigenvalue weighted by Crippen LogP contribution is -2.65. The van der Waals surface area contributed by atoms with Crippen LogP contribution < -0.4 is 38.1 Å². The van der Waals surface area contributed by atoms with Crippen molar-refractivity contribution in [3.8, 4) is 11.1 Å². The van der Waals surface area contributed by atoms with E-state index in [4.69, 9.17) is 20.8 Å². The summed E-state index contributed by atoms with van der Waals surface area (Å²) in [5, 5.41) is 23.7. The third-order valence-electron chi connectivity index (χ3n) is 13.4. The van der Waals surface area contributed by atoms with Gasteiger partial charge in [0.25, 0.3) is 5.91 Å². The molecule has 3 saturated carbocycles. The predicted octanol–water partition coefficient (Wildman–Crippen LogP) is 2.43. The number of carbonyl (C=O) groups is 6. The van der Waals surface area contributed by atoms with Gasteiger partial charge in [-0.3, -0.25) is 28.8 Å². The Morgan fingerprint density at radius 2 is 1.43 bits per heavy atom. The molecule has 10 N–H and O–H groups in total. The number of aliphatic hydroxyl groups is 1. The first kappa shape index (κ1) is 49.2. The van der Waals surface area contributed by atoms with Crippen LogP contribution in [0.2, 0.25) is 0 Å². The van der Waals surface area contributed by atoms with E-state index in [2.05, 4.69) is 78.5 Å². The maximum absolute atomic E-state index is 13.7. The zero-order chi connectivity index (χ0) is 46.2. The molecule has 1 saturated heterocycles. The highest BCUT2D eigenvalue weighted by Crippen LogP contribution is 2.65. The normalized spacial score (nSPS) is 23.6. The van der Waals surface area contributed by atoms with Crippen molar-refractivity contribution in [2.24, 2.45) is 28.7 Å². The second-order valence-corrected chi connectivity index (χ2v) is 18.5. The minimum absolute atomic E-state index is 0.118. The van der Waals surface area contributed by atoms with Crippen LogP contribution in [0.15, 0.2) is 48.5 Å². The molecular formula is C46H68BN7O9. The number of aryl methyl sites for hydroxylation is 1. The van der Waals surface area contributed by atoms with Crippen LogP contribution in [0.4, 0.5) is 0 Å². The summed E-state index contributed by atoms with van der Waals surface area (Å²) in [6.07, 6.45) is 4.37. The lowest BCUT2D eigenvalue weighted by atomic mass is 9.43. The number of hydrogen-bond acceptors (Lipinski definition) is 10. The Hall–Kier alpha value is -4.84. The average molecular weight is 874 g/mol. The number of rotatable bonds is 22. The first-order valence-electron chi connectivity index (χ1n) is 22.5. The van der Waals surface area contributed by atoms with Gasteiger partial charge in [-0.15, -0.1) is 0 Å². The van der Waals surface area contributed by atoms with Gasteiger partial charge in [-0.05, 0) is 125 Å². The van der Waals surface area contributed by atoms with Gasteiger partial charge in [0.2, 0.25) is 29.5 Å². The van der Waals surface area contributed by atoms with Crippen LogP contribution >= 0.6 is 0 Å². The van der Waals surface area contributed by atoms with E-state index in [1.807, 2.05) is 12.1 Å². The Morgan fingerprint density at radius 1 is 0.794 bits per heavy atom. The van der Waals surface area contributed by atoms with Crippen molar-refractivity contribution < 1.29 is 43.2 Å². The number of aliphatic hydroxyl groups excluding tert-OH is 1. The summed E-state index contributed by atoms with van der Waals surface area (Å²) in [4.78, 5) is 79.5. The topological polar surface area (TPSA) is 253 Å². The quantitative estimate of drug-likeness (QED) is 0.0634. The van der Waals surface area contributed by atoms with E-state index in [0.717, 1.165) is 43.2 Å². The van der Waals surface area contributed by atoms with Crippen LogP contribution in [-0.2, 0) is 39.7 Å². The zero-order valence-electron chi connectivity index (χ0n) is 37.8. The van der Waals surface area contributed by atoms with Gasteiger partial charge in [0, 0.05) is 5.56 Å². The third kappa shape index (κ3) is 11.8. The van der Waals surface area contributed by atoms with Crippen molar-refractivity contribution >= 4 is 42.6 Å². The largest absolute Gasteiger partial charge is 0.481 e. The molecule has 0 aromatic heterocycles. The summed E-state index contributed by atoms with van der Waals surface area (Å²) in [5.41, 5.74) is 14.3. The summed E-state index contributed by atoms with van der Waals surface area (Å²) in [6.45, 7) is 13.4. The molecule has 1 aliphatic heterocycles. The van der Waals surface area contributed by atoms with E-state index < -0.39 is 90.8 Å². The van der Waals surface area contributed by atoms with E-state index >= 15 is 0 Å². The fraction of sp³-hybridized carbons (Fsp3) is 0.609. The van der Waals surface area contributed by atoms with E-state index in [1.54, 1.807) is 19.1 Å². The second kappa shape index (κ2) is 21.2. The Labute approximate surface area is 371 Å². The van der Waals surface area contributed by atoms with Gasteiger partial charge in [0.15, 0.2) is 0 Å². The van der Waals surface area contributed by atoms with Gasteiger partial charge in [-0.25, -0.2) is 0 Å². The van der Waals surface area contributed by atoms with E-state index in [1.165, 1.54) is 19.4 Å². The molecule has 6 rings (SSSR count). The van der Waals surface area contributed by atoms with Crippen molar-refractivity contribution in [1.82, 2.24) is 26.6 Å². The third-order valence-corrected chi connectivity index (χ3v) is 13.4. The van der Waals surface area contributed by atoms with Crippen molar-refractivity contribution in [3.05, 3.63) is 59.7 Å². The molecule has 1 unspecified atom stereocenters. The number of unbranched alkanes of at least 4 members (excludes halogenated alkanes) is 2. The molecule has 1 heterocycles. The molecule has 17 heteroatoms. The number of amides is 6. The second-order valence-electron chi connectivity index (χ2n) is 18.5. The molecule has 10 atom stereocenters. The van der Waals surface area contributed by atoms with Crippen molar-refractivity contribution in [2.75, 3.05) is 6.54 Å². The van der Waals surface area contributed by atoms with Crippen molar-refractivity contribution in [2.45, 2.75) is 154 Å². The Kier molecular flexibility index (Phi) is 16.6. The van der Waals surface area contributed by atoms with Crippen molar-refractivity contribution in [3.63, 3.8) is 0 Å². The van der Waals surface area contributed by atoms with E-state index in [9.17, 15) is 33.9 Å². The van der Waals surface area contributed by atoms with Gasteiger partial charge in [0.1, 0.15) is 24.2 Å². The van der Waals surface area contributed by atoms with Crippen LogP contribution in [-0.4, -0.2) is 102 Å². The molecule has 344 valence electrons. The molecule has 2 aromatic carbocycles. The van der Waals surface area contributed by atoms with Gasteiger partial charge in [-0.1, -0.05) is 63.6 Å². The Morgan fingerprint density at radius 3 is 2.02 bits per heavy atom. The van der Waals surface area contributed by atoms with E-state index in [0.29, 0.717) is 36.8 Å². The van der Waals surface area contributed by atoms with Crippen LogP contribution in [0.25, 0.3) is 11.1 Å². The van der Waals surface area contributed by atoms with Crippen molar-refractivity contribution in [1.29, 1.82) is 0 Å². The fourth-order valence-electron chi connectivity index (χ4n) is 9.30. The highest BCUT2D eigenvalue weighted by molar-refractivity contribution is 6.47. The molecule has 16 nitrogen and oxygen atoms in total. The fourth-order valence-corrected chi connectivity index (χ4v) is 9.30. The van der Waals surface area contributed by atoms with Gasteiger partial charge < -0.3 is 52.5 Å². The molecular weight excluding hydrogens is 805 g/mol. The maximum atomic E-state index is 13.7. The van der Waals surface area contributed by atoms with Gasteiger partial charge >= 0.3 is 7.12 Å². The molecule has 2 bridgehead atoms. The summed E-state index contributed by atoms with van der Waals surface area (Å²) in [7, 11) is -0.751. The zero-order valence-corrected chi connectivity index (χ0v) is 37.8. The monoisotopic (exact) mass is 874 g/mol. The molecule has 6 amide bonds. The molecule has 0 radical (unpaired) electrons. The van der Waals surface area contributed by atoms with E-state index in [-0.39, 0.29) is 17.9 Å². The van der Waals surface area contributed by atoms with Gasteiger partial charge in [-0.2, -0.15) is 0 Å². The minimum Gasteiger partial charge on any atom is -0.404 e. The molecule has 3 aliphatic carbocycles. The first-order chi connectivity index (χ1) is 29.8. The van der Waals surface area contributed by atoms with Crippen LogP contribution in [0.3, 0.4) is 0 Å². The number of primary amides is 1. The predicted molar refractivity (Wildman–Crippen MR) is 239 cm³/mol. The lowest BCUT2D eigenvalue weighted by Gasteiger charge is -2.64. The maximum Gasteiger partial charge on any atom is 0.481 e. The molecule has 4 fully saturated rings. The highest BCUT2D eigenvalue weighted by atomic mass is 16.7. The first-order valence-corrected chi connectivity index (χ1v) is 22.5. The van der Waals surface area contributed by atoms with Crippen LogP contribution in [0.5, 0.6) is 0 Å². The van der Waals surface area contributed by atoms with Gasteiger partial charge in [0.05, 0.1) is 30.2 Å². The SMILES string of the molecule is CCCCc1ccc(-c2ccc(C(=O)N[C@@H](CCCCN)C(=O)N[C@H](C(=O)N[C@@H](C)C(=O)N[C@@H](CC(N)=O)C(=O)N[C@@H](C)B3OC4C[C@@H]5C[C@@H](C5(C)C)[C@]4(C)O3)[C@@H](C)O)cc2)cc1. The van der Waals surface area contributed by atoms with Crippen LogP contribution in [0, 0.1) is 17.3 Å². The number of nitrogens with one attached hydrogen (secondary N) is 5. The number of carbonyl (C=O) groups excluding carboxylic acids is 6. The minimum atomic E-state index is -1.53. The molecule has 63 heavy (non-hydrogen) atoms. The highest BCUT2D eigenvalue weighted by Gasteiger charge is 2.68. The number of nitrogens with two attached hydrogens (primary N) is 2. The van der Waals surface area contributed by atoms with Crippen LogP contribution in [0.1, 0.15) is 116 Å². The average Bonchev–Trinajstić information content (AvgIpc) is 3.61. The summed E-state index contributed by atoms with van der Waals surface area (Å²) in [5.74, 6) is -4.32. The summed E-state index contributed by atoms with van der Waals surface area (Å²) >= 11 is 0. The summed E-state index contributed by atoms with van der Waals surface area (Å²) < 4.78 is 12.7. The summed E-state index contributed by atoms with van der Waals surface area (Å²) in [6, 6.07) is 10.0. The molecule has 2 aromatic rings. The molecule has 0 spiro atoms. The standard InChI is InChI=1S/C46H68BN7O9/c1-8-9-12-29-14-16-30(17-15-29)31-18-20-32(21-19-31)41(58)52-34(13-10-11-22-48)42(59)54-39(27(3)55)44(61)50-26(2)40(57)53-35(25-38(49)56)43(60)51-28(4)47-62-37-24-33-23-36(45(33,5)6)46(37,7)63-47/h14-21,26-28,33-37,39,55H,8-13,22-25,48H2,1-7H3,(H2,49,56)(H,50,61)(H,51,60)(H,52,58)(H,53,57)(H,54,59)/t26-,27+,28-,33-,34-,35-,36-,37?,39-,46-/m0/s1. The molecule has 4 aliphatic rings. The lowest BCUT2D eigenvalue weighted by molar-refractivity contribution is -0.199. The number of benzene rings is 2. The Bertz CT molecular complexity index is 1950.